The molecule has 0 aromatic heterocycles. The van der Waals surface area contributed by atoms with Gasteiger partial charge in [0.2, 0.25) is 0 Å². The smallest absolute Gasteiger partial charge is 0.190 e. The van der Waals surface area contributed by atoms with E-state index in [2.05, 4.69) is 39.9 Å². The van der Waals surface area contributed by atoms with E-state index in [0.29, 0.717) is 12.0 Å². The summed E-state index contributed by atoms with van der Waals surface area (Å²) < 4.78 is 11.1. The van der Waals surface area contributed by atoms with Crippen molar-refractivity contribution in [3.05, 3.63) is 35.4 Å². The minimum Gasteiger partial charge on any atom is -0.379 e. The molecule has 1 fully saturated rings. The molecule has 2 aliphatic rings. The van der Waals surface area contributed by atoms with E-state index in [0.717, 1.165) is 58.1 Å². The monoisotopic (exact) mass is 445 g/mol. The molecule has 0 radical (unpaired) electrons. The quantitative estimate of drug-likeness (QED) is 0.293. The average molecular weight is 445 g/mol. The number of ether oxygens (including phenoxy) is 2. The summed E-state index contributed by atoms with van der Waals surface area (Å²) in [5.74, 6) is 1.48. The summed E-state index contributed by atoms with van der Waals surface area (Å²) in [6, 6.07) is 8.68. The van der Waals surface area contributed by atoms with E-state index in [4.69, 9.17) is 9.47 Å². The standard InChI is InChI=1S/C18H27N3O2.HI/c1-19-18(20-8-4-9-23-16-7-10-22-13-16)21-12-15-11-14-5-2-3-6-17(14)15;/h2-3,5-6,15-16H,4,7-13H2,1H3,(H2,19,20,21);1H. The fraction of sp³-hybridized carbons (Fsp3) is 0.611. The Balaban J connectivity index is 0.00000208. The molecule has 3 rings (SSSR count). The van der Waals surface area contributed by atoms with Gasteiger partial charge in [-0.15, -0.1) is 24.0 Å². The van der Waals surface area contributed by atoms with Crippen LogP contribution in [0.2, 0.25) is 0 Å². The van der Waals surface area contributed by atoms with Crippen LogP contribution in [0.4, 0.5) is 0 Å². The molecule has 1 aromatic rings. The summed E-state index contributed by atoms with van der Waals surface area (Å²) >= 11 is 0. The van der Waals surface area contributed by atoms with E-state index < -0.39 is 0 Å². The van der Waals surface area contributed by atoms with Crippen LogP contribution in [-0.2, 0) is 15.9 Å². The van der Waals surface area contributed by atoms with Crippen molar-refractivity contribution in [2.24, 2.45) is 4.99 Å². The summed E-state index contributed by atoms with van der Waals surface area (Å²) in [4.78, 5) is 4.28. The Morgan fingerprint density at radius 3 is 2.96 bits per heavy atom. The first-order chi connectivity index (χ1) is 11.4. The minimum atomic E-state index is 0. The molecule has 1 aliphatic heterocycles. The number of hydrogen-bond acceptors (Lipinski definition) is 3. The zero-order valence-electron chi connectivity index (χ0n) is 14.3. The van der Waals surface area contributed by atoms with Crippen LogP contribution in [0.3, 0.4) is 0 Å². The summed E-state index contributed by atoms with van der Waals surface area (Å²) in [6.45, 7) is 4.17. The van der Waals surface area contributed by atoms with Crippen molar-refractivity contribution >= 4 is 29.9 Å². The second-order valence-electron chi connectivity index (χ2n) is 6.19. The maximum absolute atomic E-state index is 5.76. The number of halogens is 1. The van der Waals surface area contributed by atoms with Gasteiger partial charge < -0.3 is 20.1 Å². The van der Waals surface area contributed by atoms with E-state index in [1.165, 1.54) is 11.1 Å². The predicted octanol–water partition coefficient (Wildman–Crippen LogP) is 2.30. The maximum atomic E-state index is 5.76. The number of rotatable bonds is 7. The molecule has 0 spiro atoms. The Kier molecular flexibility index (Phi) is 8.28. The third kappa shape index (κ3) is 5.32. The van der Waals surface area contributed by atoms with Gasteiger partial charge in [0.25, 0.3) is 0 Å². The number of fused-ring (bicyclic) bond motifs is 1. The second-order valence-corrected chi connectivity index (χ2v) is 6.19. The van der Waals surface area contributed by atoms with Crippen molar-refractivity contribution in [2.45, 2.75) is 31.3 Å². The molecule has 24 heavy (non-hydrogen) atoms. The average Bonchev–Trinajstić information content (AvgIpc) is 3.07. The highest BCUT2D eigenvalue weighted by atomic mass is 127. The zero-order valence-corrected chi connectivity index (χ0v) is 16.6. The fourth-order valence-corrected chi connectivity index (χ4v) is 3.16. The first-order valence-electron chi connectivity index (χ1n) is 8.58. The van der Waals surface area contributed by atoms with Crippen LogP contribution in [0.25, 0.3) is 0 Å². The number of hydrogen-bond donors (Lipinski definition) is 2. The Bertz CT molecular complexity index is 533. The molecule has 1 saturated heterocycles. The molecule has 0 bridgehead atoms. The van der Waals surface area contributed by atoms with Crippen molar-refractivity contribution in [3.63, 3.8) is 0 Å². The minimum absolute atomic E-state index is 0. The topological polar surface area (TPSA) is 54.9 Å². The van der Waals surface area contributed by atoms with E-state index in [-0.39, 0.29) is 24.0 Å². The van der Waals surface area contributed by atoms with Crippen LogP contribution in [0.15, 0.2) is 29.3 Å². The van der Waals surface area contributed by atoms with Crippen LogP contribution in [-0.4, -0.2) is 52.0 Å². The molecule has 2 N–H and O–H groups in total. The van der Waals surface area contributed by atoms with Gasteiger partial charge in [-0.2, -0.15) is 0 Å². The summed E-state index contributed by atoms with van der Waals surface area (Å²) in [5.41, 5.74) is 2.96. The van der Waals surface area contributed by atoms with Gasteiger partial charge in [-0.05, 0) is 30.4 Å². The normalized spacial score (nSPS) is 22.3. The van der Waals surface area contributed by atoms with Gasteiger partial charge >= 0.3 is 0 Å². The van der Waals surface area contributed by atoms with Gasteiger partial charge in [-0.25, -0.2) is 0 Å². The molecule has 2 unspecified atom stereocenters. The first-order valence-corrected chi connectivity index (χ1v) is 8.58. The van der Waals surface area contributed by atoms with Gasteiger partial charge in [0, 0.05) is 39.3 Å². The van der Waals surface area contributed by atoms with Crippen LogP contribution in [0, 0.1) is 0 Å². The number of nitrogens with one attached hydrogen (secondary N) is 2. The molecule has 0 saturated carbocycles. The molecule has 6 heteroatoms. The van der Waals surface area contributed by atoms with Gasteiger partial charge in [0.05, 0.1) is 12.7 Å². The highest BCUT2D eigenvalue weighted by Gasteiger charge is 2.25. The summed E-state index contributed by atoms with van der Waals surface area (Å²) in [5, 5.41) is 6.77. The highest BCUT2D eigenvalue weighted by Crippen LogP contribution is 2.33. The molecule has 1 aliphatic carbocycles. The lowest BCUT2D eigenvalue weighted by molar-refractivity contribution is 0.0420. The number of nitrogens with zero attached hydrogens (tertiary/aromatic N) is 1. The van der Waals surface area contributed by atoms with Crippen molar-refractivity contribution in [2.75, 3.05) is 40.0 Å². The number of guanidine groups is 1. The summed E-state index contributed by atoms with van der Waals surface area (Å²) in [7, 11) is 1.82. The predicted molar refractivity (Wildman–Crippen MR) is 107 cm³/mol. The van der Waals surface area contributed by atoms with E-state index in [1.54, 1.807) is 0 Å². The van der Waals surface area contributed by atoms with Crippen molar-refractivity contribution < 1.29 is 9.47 Å². The molecular formula is C18H28IN3O2. The SMILES string of the molecule is CN=C(NCCCOC1CCOC1)NCC1Cc2ccccc21.I. The van der Waals surface area contributed by atoms with E-state index in [9.17, 15) is 0 Å². The van der Waals surface area contributed by atoms with Gasteiger partial charge in [-0.1, -0.05) is 24.3 Å². The van der Waals surface area contributed by atoms with E-state index in [1.807, 2.05) is 7.05 Å². The van der Waals surface area contributed by atoms with Gasteiger partial charge in [-0.3, -0.25) is 4.99 Å². The molecule has 5 nitrogen and oxygen atoms in total. The Morgan fingerprint density at radius 1 is 1.33 bits per heavy atom. The zero-order chi connectivity index (χ0) is 15.9. The van der Waals surface area contributed by atoms with Crippen LogP contribution >= 0.6 is 24.0 Å². The van der Waals surface area contributed by atoms with Crippen LogP contribution in [0.1, 0.15) is 29.9 Å². The first kappa shape index (κ1) is 19.5. The Hall–Kier alpha value is -0.860. The lowest BCUT2D eigenvalue weighted by Crippen LogP contribution is -2.41. The summed E-state index contributed by atoms with van der Waals surface area (Å²) in [6.07, 6.45) is 3.46. The van der Waals surface area contributed by atoms with Crippen molar-refractivity contribution in [3.8, 4) is 0 Å². The van der Waals surface area contributed by atoms with Crippen molar-refractivity contribution in [1.29, 1.82) is 0 Å². The third-order valence-electron chi connectivity index (χ3n) is 4.56. The molecule has 2 atom stereocenters. The van der Waals surface area contributed by atoms with Crippen LogP contribution in [0.5, 0.6) is 0 Å². The lowest BCUT2D eigenvalue weighted by atomic mass is 9.78. The Labute approximate surface area is 161 Å². The number of aliphatic imine (C=N–C) groups is 1. The third-order valence-corrected chi connectivity index (χ3v) is 4.56. The molecule has 134 valence electrons. The van der Waals surface area contributed by atoms with Crippen molar-refractivity contribution in [1.82, 2.24) is 10.6 Å². The molecule has 1 heterocycles. The second kappa shape index (κ2) is 10.2. The Morgan fingerprint density at radius 2 is 2.21 bits per heavy atom. The molecular weight excluding hydrogens is 417 g/mol. The van der Waals surface area contributed by atoms with Gasteiger partial charge in [0.15, 0.2) is 5.96 Å². The van der Waals surface area contributed by atoms with Crippen LogP contribution < -0.4 is 10.6 Å². The number of benzene rings is 1. The molecule has 0 amide bonds. The van der Waals surface area contributed by atoms with E-state index >= 15 is 0 Å². The maximum Gasteiger partial charge on any atom is 0.190 e. The lowest BCUT2D eigenvalue weighted by Gasteiger charge is -2.30. The highest BCUT2D eigenvalue weighted by molar-refractivity contribution is 14.0. The molecule has 1 aromatic carbocycles. The van der Waals surface area contributed by atoms with Gasteiger partial charge in [0.1, 0.15) is 0 Å². The largest absolute Gasteiger partial charge is 0.379 e. The fourth-order valence-electron chi connectivity index (χ4n) is 3.16.